The predicted molar refractivity (Wildman–Crippen MR) is 107 cm³/mol. The highest BCUT2D eigenvalue weighted by molar-refractivity contribution is 9.10. The van der Waals surface area contributed by atoms with E-state index in [2.05, 4.69) is 31.9 Å². The number of nitrogens with one attached hydrogen (secondary N) is 3. The van der Waals surface area contributed by atoms with Gasteiger partial charge in [-0.3, -0.25) is 4.79 Å². The third-order valence-electron chi connectivity index (χ3n) is 4.12. The Bertz CT molecular complexity index is 894. The molecular formula is C20H20BrN3O3. The first-order chi connectivity index (χ1) is 13.0. The minimum Gasteiger partial charge on any atom is -0.494 e. The molecule has 0 saturated carbocycles. The van der Waals surface area contributed by atoms with Gasteiger partial charge in [-0.25, -0.2) is 4.79 Å². The molecule has 2 aromatic carbocycles. The number of hydrogen-bond donors (Lipinski definition) is 3. The fraction of sp³-hybridized carbons (Fsp3) is 0.200. The minimum absolute atomic E-state index is 0.283. The van der Waals surface area contributed by atoms with Gasteiger partial charge in [0.25, 0.3) is 5.91 Å². The number of benzene rings is 2. The van der Waals surface area contributed by atoms with Gasteiger partial charge in [-0.05, 0) is 55.8 Å². The number of hydrogen-bond acceptors (Lipinski definition) is 3. The van der Waals surface area contributed by atoms with Crippen LogP contribution in [-0.4, -0.2) is 18.5 Å². The molecule has 7 heteroatoms. The summed E-state index contributed by atoms with van der Waals surface area (Å²) in [6, 6.07) is 13.8. The summed E-state index contributed by atoms with van der Waals surface area (Å²) >= 11 is 3.43. The second kappa shape index (κ2) is 8.26. The van der Waals surface area contributed by atoms with Gasteiger partial charge in [0.1, 0.15) is 5.75 Å². The van der Waals surface area contributed by atoms with Crippen molar-refractivity contribution in [1.29, 1.82) is 0 Å². The summed E-state index contributed by atoms with van der Waals surface area (Å²) in [5.74, 6) is 0.457. The Labute approximate surface area is 166 Å². The van der Waals surface area contributed by atoms with Gasteiger partial charge < -0.3 is 20.7 Å². The Kier molecular flexibility index (Phi) is 5.81. The van der Waals surface area contributed by atoms with E-state index in [-0.39, 0.29) is 11.9 Å². The Morgan fingerprint density at radius 3 is 2.63 bits per heavy atom. The number of allylic oxidation sites excluding steroid dienone is 1. The molecule has 2 aromatic rings. The van der Waals surface area contributed by atoms with E-state index >= 15 is 0 Å². The predicted octanol–water partition coefficient (Wildman–Crippen LogP) is 4.11. The minimum atomic E-state index is -0.543. The van der Waals surface area contributed by atoms with Crippen molar-refractivity contribution in [1.82, 2.24) is 10.6 Å². The third kappa shape index (κ3) is 4.49. The van der Waals surface area contributed by atoms with E-state index in [9.17, 15) is 9.59 Å². The van der Waals surface area contributed by atoms with E-state index in [1.54, 1.807) is 31.2 Å². The second-order valence-corrected chi connectivity index (χ2v) is 6.95. The van der Waals surface area contributed by atoms with Crippen LogP contribution in [0.15, 0.2) is 64.3 Å². The Morgan fingerprint density at radius 2 is 1.96 bits per heavy atom. The molecule has 0 bridgehead atoms. The van der Waals surface area contributed by atoms with Crippen LogP contribution in [0.3, 0.4) is 0 Å². The van der Waals surface area contributed by atoms with Gasteiger partial charge in [0.2, 0.25) is 0 Å². The van der Waals surface area contributed by atoms with E-state index < -0.39 is 6.04 Å². The largest absolute Gasteiger partial charge is 0.494 e. The molecule has 1 unspecified atom stereocenters. The summed E-state index contributed by atoms with van der Waals surface area (Å²) in [4.78, 5) is 24.9. The molecule has 0 saturated heterocycles. The number of urea groups is 1. The Hall–Kier alpha value is -2.80. The van der Waals surface area contributed by atoms with Gasteiger partial charge in [0.15, 0.2) is 0 Å². The lowest BCUT2D eigenvalue weighted by atomic mass is 9.95. The summed E-state index contributed by atoms with van der Waals surface area (Å²) in [5, 5.41) is 8.38. The topological polar surface area (TPSA) is 79.5 Å². The first-order valence-corrected chi connectivity index (χ1v) is 9.35. The maximum Gasteiger partial charge on any atom is 0.319 e. The highest BCUT2D eigenvalue weighted by Crippen LogP contribution is 2.29. The van der Waals surface area contributed by atoms with Crippen molar-refractivity contribution in [3.8, 4) is 5.75 Å². The van der Waals surface area contributed by atoms with Crippen molar-refractivity contribution >= 4 is 33.6 Å². The van der Waals surface area contributed by atoms with Crippen molar-refractivity contribution in [2.75, 3.05) is 11.9 Å². The lowest BCUT2D eigenvalue weighted by Gasteiger charge is -2.28. The van der Waals surface area contributed by atoms with E-state index in [1.165, 1.54) is 0 Å². The van der Waals surface area contributed by atoms with Crippen molar-refractivity contribution in [2.45, 2.75) is 19.9 Å². The van der Waals surface area contributed by atoms with Crippen LogP contribution < -0.4 is 20.7 Å². The number of anilines is 1. The van der Waals surface area contributed by atoms with E-state index in [1.807, 2.05) is 31.2 Å². The molecule has 1 aliphatic rings. The first kappa shape index (κ1) is 19.0. The van der Waals surface area contributed by atoms with Crippen LogP contribution in [0.2, 0.25) is 0 Å². The normalized spacial score (nSPS) is 16.4. The van der Waals surface area contributed by atoms with Crippen LogP contribution in [0, 0.1) is 0 Å². The van der Waals surface area contributed by atoms with Crippen LogP contribution in [-0.2, 0) is 4.79 Å². The molecule has 0 radical (unpaired) electrons. The number of rotatable bonds is 5. The average molecular weight is 430 g/mol. The van der Waals surface area contributed by atoms with Crippen LogP contribution in [0.5, 0.6) is 5.75 Å². The molecule has 0 spiro atoms. The molecule has 1 heterocycles. The summed E-state index contributed by atoms with van der Waals surface area (Å²) < 4.78 is 6.29. The zero-order chi connectivity index (χ0) is 19.4. The lowest BCUT2D eigenvalue weighted by Crippen LogP contribution is -2.45. The molecule has 0 aromatic heterocycles. The lowest BCUT2D eigenvalue weighted by molar-refractivity contribution is -0.113. The second-order valence-electron chi connectivity index (χ2n) is 6.04. The first-order valence-electron chi connectivity index (χ1n) is 8.56. The van der Waals surface area contributed by atoms with Crippen molar-refractivity contribution < 1.29 is 14.3 Å². The average Bonchev–Trinajstić information content (AvgIpc) is 2.63. The molecule has 0 aliphatic carbocycles. The highest BCUT2D eigenvalue weighted by atomic mass is 79.9. The van der Waals surface area contributed by atoms with Gasteiger partial charge in [0, 0.05) is 15.9 Å². The molecule has 3 N–H and O–H groups in total. The maximum atomic E-state index is 13.0. The van der Waals surface area contributed by atoms with Crippen molar-refractivity contribution in [3.05, 3.63) is 69.8 Å². The van der Waals surface area contributed by atoms with Crippen LogP contribution >= 0.6 is 15.9 Å². The van der Waals surface area contributed by atoms with Gasteiger partial charge in [-0.15, -0.1) is 0 Å². The molecule has 6 nitrogen and oxygen atoms in total. The zero-order valence-corrected chi connectivity index (χ0v) is 16.6. The fourth-order valence-corrected chi connectivity index (χ4v) is 3.35. The number of carbonyl (C=O) groups is 2. The molecule has 1 aliphatic heterocycles. The van der Waals surface area contributed by atoms with E-state index in [4.69, 9.17) is 4.74 Å². The SMILES string of the molecule is CCOc1ccc(NC(=O)C2=C(C)NC(=O)NC2c2cccc(Br)c2)cc1. The maximum absolute atomic E-state index is 13.0. The highest BCUT2D eigenvalue weighted by Gasteiger charge is 2.31. The van der Waals surface area contributed by atoms with Crippen molar-refractivity contribution in [2.24, 2.45) is 0 Å². The molecule has 3 amide bonds. The quantitative estimate of drug-likeness (QED) is 0.668. The Balaban J connectivity index is 1.87. The van der Waals surface area contributed by atoms with Gasteiger partial charge in [-0.1, -0.05) is 28.1 Å². The van der Waals surface area contributed by atoms with Crippen molar-refractivity contribution in [3.63, 3.8) is 0 Å². The molecule has 3 rings (SSSR count). The van der Waals surface area contributed by atoms with Gasteiger partial charge >= 0.3 is 6.03 Å². The summed E-state index contributed by atoms with van der Waals surface area (Å²) in [6.45, 7) is 4.21. The van der Waals surface area contributed by atoms with Crippen LogP contribution in [0.4, 0.5) is 10.5 Å². The summed E-state index contributed by atoms with van der Waals surface area (Å²) in [6.07, 6.45) is 0. The molecule has 1 atom stereocenters. The van der Waals surface area contributed by atoms with E-state index in [0.717, 1.165) is 15.8 Å². The number of ether oxygens (including phenoxy) is 1. The fourth-order valence-electron chi connectivity index (χ4n) is 2.93. The number of amides is 3. The molecule has 0 fully saturated rings. The summed E-state index contributed by atoms with van der Waals surface area (Å²) in [5.41, 5.74) is 2.44. The zero-order valence-electron chi connectivity index (χ0n) is 15.0. The molecular weight excluding hydrogens is 410 g/mol. The number of carbonyl (C=O) groups excluding carboxylic acids is 2. The molecule has 27 heavy (non-hydrogen) atoms. The van der Waals surface area contributed by atoms with Gasteiger partial charge in [0.05, 0.1) is 18.2 Å². The third-order valence-corrected chi connectivity index (χ3v) is 4.61. The van der Waals surface area contributed by atoms with Crippen LogP contribution in [0.1, 0.15) is 25.5 Å². The smallest absolute Gasteiger partial charge is 0.319 e. The standard InChI is InChI=1S/C20H20BrN3O3/c1-3-27-16-9-7-15(8-10-16)23-19(25)17-12(2)22-20(26)24-18(17)13-5-4-6-14(21)11-13/h4-11,18H,3H2,1-2H3,(H,23,25)(H2,22,24,26). The molecule has 140 valence electrons. The summed E-state index contributed by atoms with van der Waals surface area (Å²) in [7, 11) is 0. The van der Waals surface area contributed by atoms with Crippen LogP contribution in [0.25, 0.3) is 0 Å². The van der Waals surface area contributed by atoms with E-state index in [0.29, 0.717) is 23.6 Å². The number of halogens is 1. The van der Waals surface area contributed by atoms with Gasteiger partial charge in [-0.2, -0.15) is 0 Å². The Morgan fingerprint density at radius 1 is 1.22 bits per heavy atom. The monoisotopic (exact) mass is 429 g/mol.